The monoisotopic (exact) mass is 486 g/mol. The lowest BCUT2D eigenvalue weighted by molar-refractivity contribution is -0.123. The molecule has 1 amide bonds. The summed E-state index contributed by atoms with van der Waals surface area (Å²) in [7, 11) is -3.76. The minimum absolute atomic E-state index is 0.0217. The van der Waals surface area contributed by atoms with Crippen molar-refractivity contribution in [3.05, 3.63) is 57.6 Å². The van der Waals surface area contributed by atoms with E-state index in [0.717, 1.165) is 0 Å². The van der Waals surface area contributed by atoms with E-state index in [9.17, 15) is 18.0 Å². The van der Waals surface area contributed by atoms with Crippen molar-refractivity contribution in [2.24, 2.45) is 0 Å². The van der Waals surface area contributed by atoms with Crippen LogP contribution in [-0.2, 0) is 19.6 Å². The molecule has 1 N–H and O–H groups in total. The minimum Gasteiger partial charge on any atom is -0.449 e. The predicted octanol–water partition coefficient (Wildman–Crippen LogP) is 4.52. The lowest BCUT2D eigenvalue weighted by atomic mass is 10.1. The average molecular weight is 487 g/mol. The number of anilines is 1. The largest absolute Gasteiger partial charge is 0.449 e. The van der Waals surface area contributed by atoms with E-state index < -0.39 is 28.0 Å². The Morgan fingerprint density at radius 1 is 1.10 bits per heavy atom. The Labute approximate surface area is 192 Å². The molecule has 1 atom stereocenters. The fourth-order valence-electron chi connectivity index (χ4n) is 2.82. The van der Waals surface area contributed by atoms with Gasteiger partial charge in [-0.25, -0.2) is 13.2 Å². The van der Waals surface area contributed by atoms with Crippen LogP contribution in [-0.4, -0.2) is 43.8 Å². The van der Waals surface area contributed by atoms with E-state index in [1.165, 1.54) is 41.6 Å². The average Bonchev–Trinajstić information content (AvgIpc) is 2.71. The molecule has 0 saturated heterocycles. The summed E-state index contributed by atoms with van der Waals surface area (Å²) in [6.07, 6.45) is -1.16. The lowest BCUT2D eigenvalue weighted by Crippen LogP contribution is -2.32. The number of nitrogens with zero attached hydrogens (tertiary/aromatic N) is 1. The quantitative estimate of drug-likeness (QED) is 0.553. The number of esters is 1. The molecule has 0 bridgehead atoms. The molecule has 2 aromatic carbocycles. The smallest absolute Gasteiger partial charge is 0.338 e. The molecule has 31 heavy (non-hydrogen) atoms. The van der Waals surface area contributed by atoms with Gasteiger partial charge in [0.2, 0.25) is 10.0 Å². The molecule has 0 aliphatic rings. The number of ether oxygens (including phenoxy) is 1. The lowest BCUT2D eigenvalue weighted by Gasteiger charge is -2.20. The second kappa shape index (κ2) is 10.5. The normalized spacial score (nSPS) is 12.5. The van der Waals surface area contributed by atoms with Gasteiger partial charge in [-0.3, -0.25) is 4.79 Å². The Morgan fingerprint density at radius 2 is 1.74 bits per heavy atom. The zero-order valence-electron chi connectivity index (χ0n) is 17.6. The highest BCUT2D eigenvalue weighted by Crippen LogP contribution is 2.26. The summed E-state index contributed by atoms with van der Waals surface area (Å²) in [4.78, 5) is 25.0. The van der Waals surface area contributed by atoms with Crippen LogP contribution in [0, 0.1) is 6.92 Å². The van der Waals surface area contributed by atoms with Crippen molar-refractivity contribution in [2.75, 3.05) is 18.4 Å². The Morgan fingerprint density at radius 3 is 2.35 bits per heavy atom. The van der Waals surface area contributed by atoms with Crippen molar-refractivity contribution in [2.45, 2.75) is 38.7 Å². The van der Waals surface area contributed by atoms with E-state index in [2.05, 4.69) is 5.32 Å². The number of amides is 1. The van der Waals surface area contributed by atoms with E-state index in [1.807, 2.05) is 0 Å². The maximum absolute atomic E-state index is 12.9. The summed E-state index contributed by atoms with van der Waals surface area (Å²) in [5.41, 5.74) is 0.812. The molecule has 0 radical (unpaired) electrons. The molecule has 10 heteroatoms. The van der Waals surface area contributed by atoms with Gasteiger partial charge in [-0.15, -0.1) is 0 Å². The van der Waals surface area contributed by atoms with Crippen LogP contribution in [0.5, 0.6) is 0 Å². The maximum Gasteiger partial charge on any atom is 0.338 e. The minimum atomic E-state index is -3.76. The summed E-state index contributed by atoms with van der Waals surface area (Å²) in [6, 6.07) is 8.83. The molecule has 0 spiro atoms. The first kappa shape index (κ1) is 25.1. The number of nitrogens with one attached hydrogen (secondary N) is 1. The molecule has 0 heterocycles. The van der Waals surface area contributed by atoms with Crippen LogP contribution >= 0.6 is 23.2 Å². The Kier molecular flexibility index (Phi) is 8.48. The zero-order valence-corrected chi connectivity index (χ0v) is 19.9. The van der Waals surface area contributed by atoms with Gasteiger partial charge in [-0.1, -0.05) is 43.1 Å². The fraction of sp³-hybridized carbons (Fsp3) is 0.333. The van der Waals surface area contributed by atoms with Crippen LogP contribution < -0.4 is 5.32 Å². The van der Waals surface area contributed by atoms with Crippen molar-refractivity contribution in [3.8, 4) is 0 Å². The second-order valence-electron chi connectivity index (χ2n) is 6.73. The van der Waals surface area contributed by atoms with Crippen LogP contribution in [0.15, 0.2) is 41.3 Å². The first-order valence-electron chi connectivity index (χ1n) is 9.58. The van der Waals surface area contributed by atoms with Crippen molar-refractivity contribution >= 4 is 50.8 Å². The van der Waals surface area contributed by atoms with Crippen molar-refractivity contribution < 1.29 is 22.7 Å². The summed E-state index contributed by atoms with van der Waals surface area (Å²) in [5, 5.41) is 3.21. The SMILES string of the molecule is CCN(CC)S(=O)(=O)c1cc(C(=O)OC(C)C(=O)Nc2cc(Cl)ccc2Cl)ccc1C. The van der Waals surface area contributed by atoms with Crippen LogP contribution in [0.25, 0.3) is 0 Å². The van der Waals surface area contributed by atoms with Gasteiger partial charge < -0.3 is 10.1 Å². The molecule has 0 aromatic heterocycles. The standard InChI is InChI=1S/C21H24Cl2N2O5S/c1-5-25(6-2)31(28,29)19-11-15(8-7-13(19)3)21(27)30-14(4)20(26)24-18-12-16(22)9-10-17(18)23/h7-12,14H,5-6H2,1-4H3,(H,24,26). The van der Waals surface area contributed by atoms with Crippen molar-refractivity contribution in [1.29, 1.82) is 0 Å². The highest BCUT2D eigenvalue weighted by molar-refractivity contribution is 7.89. The molecule has 168 valence electrons. The van der Waals surface area contributed by atoms with E-state index in [1.54, 1.807) is 26.8 Å². The van der Waals surface area contributed by atoms with E-state index in [0.29, 0.717) is 23.7 Å². The highest BCUT2D eigenvalue weighted by Gasteiger charge is 2.26. The topological polar surface area (TPSA) is 92.8 Å². The van der Waals surface area contributed by atoms with Crippen LogP contribution in [0.4, 0.5) is 5.69 Å². The number of sulfonamides is 1. The third-order valence-electron chi connectivity index (χ3n) is 4.59. The van der Waals surface area contributed by atoms with E-state index in [4.69, 9.17) is 27.9 Å². The molecular weight excluding hydrogens is 463 g/mol. The van der Waals surface area contributed by atoms with Gasteiger partial charge in [-0.2, -0.15) is 4.31 Å². The Balaban J connectivity index is 2.20. The maximum atomic E-state index is 12.9. The van der Waals surface area contributed by atoms with Gasteiger partial charge in [0.15, 0.2) is 6.10 Å². The number of benzene rings is 2. The second-order valence-corrected chi connectivity index (χ2v) is 9.48. The molecule has 2 aromatic rings. The van der Waals surface area contributed by atoms with Gasteiger partial charge in [0.25, 0.3) is 5.91 Å². The number of halogens is 2. The van der Waals surface area contributed by atoms with Gasteiger partial charge in [0.1, 0.15) is 0 Å². The third kappa shape index (κ3) is 5.98. The highest BCUT2D eigenvalue weighted by atomic mass is 35.5. The number of hydrogen-bond acceptors (Lipinski definition) is 5. The zero-order chi connectivity index (χ0) is 23.3. The molecule has 0 aliphatic carbocycles. The molecular formula is C21H24Cl2N2O5S. The van der Waals surface area contributed by atoms with E-state index >= 15 is 0 Å². The van der Waals surface area contributed by atoms with Gasteiger partial charge in [0.05, 0.1) is 21.2 Å². The molecule has 7 nitrogen and oxygen atoms in total. The van der Waals surface area contributed by atoms with Gasteiger partial charge >= 0.3 is 5.97 Å². The molecule has 0 saturated carbocycles. The fourth-order valence-corrected chi connectivity index (χ4v) is 4.86. The van der Waals surface area contributed by atoms with Crippen LogP contribution in [0.1, 0.15) is 36.7 Å². The first-order valence-corrected chi connectivity index (χ1v) is 11.8. The third-order valence-corrected chi connectivity index (χ3v) is 7.34. The van der Waals surface area contributed by atoms with Crippen molar-refractivity contribution in [3.63, 3.8) is 0 Å². The number of carbonyl (C=O) groups is 2. The summed E-state index contributed by atoms with van der Waals surface area (Å²) in [6.45, 7) is 7.12. The molecule has 0 fully saturated rings. The van der Waals surface area contributed by atoms with Crippen LogP contribution in [0.3, 0.4) is 0 Å². The number of hydrogen-bond donors (Lipinski definition) is 1. The first-order chi connectivity index (χ1) is 14.5. The Hall–Kier alpha value is -2.13. The number of aryl methyl sites for hydroxylation is 1. The molecule has 2 rings (SSSR count). The number of carbonyl (C=O) groups excluding carboxylic acids is 2. The van der Waals surface area contributed by atoms with Crippen LogP contribution in [0.2, 0.25) is 10.0 Å². The van der Waals surface area contributed by atoms with Gasteiger partial charge in [-0.05, 0) is 49.7 Å². The van der Waals surface area contributed by atoms with Gasteiger partial charge in [0, 0.05) is 18.1 Å². The summed E-state index contributed by atoms with van der Waals surface area (Å²) < 4.78 is 32.3. The Bertz CT molecular complexity index is 1090. The predicted molar refractivity (Wildman–Crippen MR) is 121 cm³/mol. The number of rotatable bonds is 8. The molecule has 1 unspecified atom stereocenters. The summed E-state index contributed by atoms with van der Waals surface area (Å²) in [5.74, 6) is -1.43. The van der Waals surface area contributed by atoms with E-state index in [-0.39, 0.29) is 21.2 Å². The summed E-state index contributed by atoms with van der Waals surface area (Å²) >= 11 is 11.9. The van der Waals surface area contributed by atoms with Crippen molar-refractivity contribution in [1.82, 2.24) is 4.31 Å². The molecule has 0 aliphatic heterocycles.